The highest BCUT2D eigenvalue weighted by Crippen LogP contribution is 2.38. The number of para-hydroxylation sites is 2. The first-order chi connectivity index (χ1) is 23.8. The first-order valence-corrected chi connectivity index (χ1v) is 16.2. The third kappa shape index (κ3) is 5.29. The van der Waals surface area contributed by atoms with E-state index in [0.717, 1.165) is 28.2 Å². The van der Waals surface area contributed by atoms with Crippen LogP contribution in [0.5, 0.6) is 0 Å². The van der Waals surface area contributed by atoms with Gasteiger partial charge in [-0.2, -0.15) is 0 Å². The van der Waals surface area contributed by atoms with Crippen LogP contribution in [-0.4, -0.2) is 19.1 Å². The molecule has 0 saturated heterocycles. The van der Waals surface area contributed by atoms with E-state index in [0.29, 0.717) is 0 Å². The molecule has 234 valence electrons. The summed E-state index contributed by atoms with van der Waals surface area (Å²) >= 11 is 0. The van der Waals surface area contributed by atoms with Crippen LogP contribution in [0.1, 0.15) is 13.8 Å². The van der Waals surface area contributed by atoms with Gasteiger partial charge in [-0.1, -0.05) is 86.6 Å². The fraction of sp³-hybridized carbons (Fsp3) is 0.0476. The van der Waals surface area contributed by atoms with Crippen molar-refractivity contribution in [2.75, 3.05) is 0 Å². The van der Waals surface area contributed by atoms with Crippen LogP contribution in [0.15, 0.2) is 158 Å². The molecule has 0 bridgehead atoms. The van der Waals surface area contributed by atoms with E-state index in [4.69, 9.17) is 0 Å². The summed E-state index contributed by atoms with van der Waals surface area (Å²) in [6.07, 6.45) is 5.97. The minimum Gasteiger partial charge on any atom is -0.317 e. The molecule has 0 aliphatic carbocycles. The third-order valence-electron chi connectivity index (χ3n) is 8.66. The maximum atomic E-state index is 4.68. The van der Waals surface area contributed by atoms with Crippen molar-refractivity contribution >= 4 is 43.5 Å². The van der Waals surface area contributed by atoms with Gasteiger partial charge in [-0.05, 0) is 83.1 Å². The third-order valence-corrected chi connectivity index (χ3v) is 8.66. The van der Waals surface area contributed by atoms with Gasteiger partial charge in [0.05, 0.1) is 16.6 Å². The molecule has 9 rings (SSSR count). The monoisotopic (exact) mass is 624 g/mol. The molecule has 6 aromatic carbocycles. The summed E-state index contributed by atoms with van der Waals surface area (Å²) in [5, 5.41) is 6.24. The van der Waals surface area contributed by atoms with Gasteiger partial charge in [0.2, 0.25) is 0 Å². The Bertz CT molecular complexity index is 2460. The maximum absolute atomic E-state index is 4.68. The molecule has 0 saturated carbocycles. The highest BCUT2D eigenvalue weighted by atomic mass is 15.0. The summed E-state index contributed by atoms with van der Waals surface area (Å²) in [4.78, 5) is 9.36. The second-order valence-electron chi connectivity index (χ2n) is 11.2. The number of hydrogen-bond donors (Lipinski definition) is 2. The standard InChI is InChI=1S/C40H26N4.C2H6.H4N2/c1-3-9-27(10-4-1)30-25-41-40(42-26-30)28-15-18-32(19-16-28)44-38-14-8-7-13-33(38)36-24-35-29(23-39(36)44)17-20-37-34(35)21-22-43(37)31-11-5-2-6-12-31;2*1-2/h1-26H;1-2H3;1-2H2. The van der Waals surface area contributed by atoms with E-state index in [1.807, 2.05) is 44.4 Å². The second-order valence-corrected chi connectivity index (χ2v) is 11.2. The Labute approximate surface area is 279 Å². The van der Waals surface area contributed by atoms with E-state index in [1.165, 1.54) is 49.2 Å². The molecule has 0 aliphatic heterocycles. The lowest BCUT2D eigenvalue weighted by Crippen LogP contribution is -2.02. The van der Waals surface area contributed by atoms with E-state index >= 15 is 0 Å². The fourth-order valence-electron chi connectivity index (χ4n) is 6.52. The summed E-state index contributed by atoms with van der Waals surface area (Å²) < 4.78 is 4.63. The van der Waals surface area contributed by atoms with Crippen LogP contribution < -0.4 is 11.7 Å². The quantitative estimate of drug-likeness (QED) is 0.151. The lowest BCUT2D eigenvalue weighted by molar-refractivity contribution is 1.13. The SMILES string of the molecule is CC.NN.c1ccc(-c2cnc(-c3ccc(-n4c5ccccc5c5cc6c(ccc7c6ccn7-c6ccccc6)cc54)cc3)nc2)cc1. The van der Waals surface area contributed by atoms with Gasteiger partial charge in [-0.3, -0.25) is 11.7 Å². The zero-order valence-corrected chi connectivity index (χ0v) is 27.0. The molecule has 0 fully saturated rings. The lowest BCUT2D eigenvalue weighted by Gasteiger charge is -2.10. The Morgan fingerprint density at radius 3 is 1.83 bits per heavy atom. The molecule has 3 heterocycles. The normalized spacial score (nSPS) is 10.9. The molecule has 0 aliphatic rings. The summed E-state index contributed by atoms with van der Waals surface area (Å²) in [6.45, 7) is 4.00. The van der Waals surface area contributed by atoms with Gasteiger partial charge in [-0.25, -0.2) is 9.97 Å². The van der Waals surface area contributed by atoms with Crippen molar-refractivity contribution in [3.05, 3.63) is 158 Å². The number of hydrogen-bond acceptors (Lipinski definition) is 4. The molecule has 0 unspecified atom stereocenters. The van der Waals surface area contributed by atoms with Gasteiger partial charge in [0.1, 0.15) is 0 Å². The number of aromatic nitrogens is 4. The molecule has 0 amide bonds. The van der Waals surface area contributed by atoms with Crippen LogP contribution in [0.3, 0.4) is 0 Å². The fourth-order valence-corrected chi connectivity index (χ4v) is 6.52. The molecule has 9 aromatic rings. The van der Waals surface area contributed by atoms with Crippen LogP contribution in [0, 0.1) is 0 Å². The number of benzene rings is 6. The van der Waals surface area contributed by atoms with Gasteiger partial charge < -0.3 is 9.13 Å². The summed E-state index contributed by atoms with van der Waals surface area (Å²) in [6, 6.07) is 49.4. The lowest BCUT2D eigenvalue weighted by atomic mass is 10.0. The van der Waals surface area contributed by atoms with Gasteiger partial charge in [0, 0.05) is 57.3 Å². The number of nitrogens with two attached hydrogens (primary N) is 2. The van der Waals surface area contributed by atoms with Crippen molar-refractivity contribution < 1.29 is 0 Å². The first-order valence-electron chi connectivity index (χ1n) is 16.2. The van der Waals surface area contributed by atoms with Gasteiger partial charge in [0.25, 0.3) is 0 Å². The van der Waals surface area contributed by atoms with Gasteiger partial charge >= 0.3 is 0 Å². The number of rotatable bonds is 4. The molecule has 6 nitrogen and oxygen atoms in total. The molecule has 6 heteroatoms. The summed E-state index contributed by atoms with van der Waals surface area (Å²) in [5.41, 5.74) is 8.98. The van der Waals surface area contributed by atoms with Crippen molar-refractivity contribution in [1.82, 2.24) is 19.1 Å². The van der Waals surface area contributed by atoms with E-state index in [1.54, 1.807) is 0 Å². The van der Waals surface area contributed by atoms with Gasteiger partial charge in [0.15, 0.2) is 5.82 Å². The van der Waals surface area contributed by atoms with Crippen molar-refractivity contribution in [3.8, 4) is 33.9 Å². The Balaban J connectivity index is 0.000000880. The van der Waals surface area contributed by atoms with E-state index in [9.17, 15) is 0 Å². The van der Waals surface area contributed by atoms with Crippen LogP contribution >= 0.6 is 0 Å². The van der Waals surface area contributed by atoms with Crippen LogP contribution in [-0.2, 0) is 0 Å². The largest absolute Gasteiger partial charge is 0.317 e. The smallest absolute Gasteiger partial charge is 0.159 e. The molecule has 0 spiro atoms. The predicted molar refractivity (Wildman–Crippen MR) is 201 cm³/mol. The first kappa shape index (κ1) is 30.6. The topological polar surface area (TPSA) is 87.7 Å². The van der Waals surface area contributed by atoms with Crippen LogP contribution in [0.2, 0.25) is 0 Å². The van der Waals surface area contributed by atoms with Crippen LogP contribution in [0.25, 0.3) is 77.4 Å². The van der Waals surface area contributed by atoms with E-state index in [2.05, 4.69) is 158 Å². The molecule has 0 radical (unpaired) electrons. The Morgan fingerprint density at radius 1 is 0.458 bits per heavy atom. The summed E-state index contributed by atoms with van der Waals surface area (Å²) in [7, 11) is 0. The van der Waals surface area contributed by atoms with Crippen molar-refractivity contribution in [1.29, 1.82) is 0 Å². The van der Waals surface area contributed by atoms with Crippen molar-refractivity contribution in [3.63, 3.8) is 0 Å². The molecule has 4 N–H and O–H groups in total. The molecular weight excluding hydrogens is 589 g/mol. The van der Waals surface area contributed by atoms with Crippen molar-refractivity contribution in [2.24, 2.45) is 11.7 Å². The number of fused-ring (bicyclic) bond motifs is 6. The average molecular weight is 625 g/mol. The minimum absolute atomic E-state index is 0.718. The minimum atomic E-state index is 0.718. The average Bonchev–Trinajstić information content (AvgIpc) is 3.76. The van der Waals surface area contributed by atoms with Crippen molar-refractivity contribution in [2.45, 2.75) is 13.8 Å². The molecule has 0 atom stereocenters. The summed E-state index contributed by atoms with van der Waals surface area (Å²) in [5.74, 6) is 8.72. The zero-order chi connectivity index (χ0) is 33.0. The highest BCUT2D eigenvalue weighted by Gasteiger charge is 2.15. The van der Waals surface area contributed by atoms with Gasteiger partial charge in [-0.15, -0.1) is 0 Å². The highest BCUT2D eigenvalue weighted by molar-refractivity contribution is 6.18. The molecule has 3 aromatic heterocycles. The van der Waals surface area contributed by atoms with Crippen LogP contribution in [0.4, 0.5) is 0 Å². The van der Waals surface area contributed by atoms with E-state index < -0.39 is 0 Å². The predicted octanol–water partition coefficient (Wildman–Crippen LogP) is 9.85. The second kappa shape index (κ2) is 13.3. The zero-order valence-electron chi connectivity index (χ0n) is 27.0. The number of nitrogens with zero attached hydrogens (tertiary/aromatic N) is 4. The molecule has 48 heavy (non-hydrogen) atoms. The Hall–Kier alpha value is -6.08. The Morgan fingerprint density at radius 2 is 1.10 bits per heavy atom. The molecular formula is C42H36N6. The number of hydrazine groups is 1. The van der Waals surface area contributed by atoms with E-state index in [-0.39, 0.29) is 0 Å². The Kier molecular flexibility index (Phi) is 8.49. The maximum Gasteiger partial charge on any atom is 0.159 e.